The first-order chi connectivity index (χ1) is 13.8. The largest absolute Gasteiger partial charge is 0.443 e. The topological polar surface area (TPSA) is 107 Å². The fourth-order valence-corrected chi connectivity index (χ4v) is 3.81. The second-order valence-corrected chi connectivity index (χ2v) is 9.50. The number of aryl methyl sites for hydroxylation is 1. The van der Waals surface area contributed by atoms with Gasteiger partial charge in [0.05, 0.1) is 9.82 Å². The molecule has 0 aliphatic heterocycles. The molecule has 0 aliphatic carbocycles. The first-order valence-corrected chi connectivity index (χ1v) is 10.5. The zero-order valence-electron chi connectivity index (χ0n) is 17.1. The number of nitro benzene ring substituents is 1. The van der Waals surface area contributed by atoms with Crippen molar-refractivity contribution in [2.45, 2.75) is 44.6 Å². The molecule has 0 aromatic heterocycles. The number of carbonyl (C=O) groups is 1. The highest BCUT2D eigenvalue weighted by molar-refractivity contribution is 7.89. The number of nitro groups is 1. The molecule has 2 aromatic rings. The van der Waals surface area contributed by atoms with Gasteiger partial charge in [-0.15, -0.1) is 0 Å². The molecule has 162 valence electrons. The number of rotatable bonds is 6. The Hall–Kier alpha value is -3.01. The van der Waals surface area contributed by atoms with Gasteiger partial charge in [-0.25, -0.2) is 21.9 Å². The minimum absolute atomic E-state index is 0.0881. The lowest BCUT2D eigenvalue weighted by atomic mass is 10.1. The van der Waals surface area contributed by atoms with Crippen LogP contribution in [0.3, 0.4) is 0 Å². The van der Waals surface area contributed by atoms with Crippen LogP contribution in [0.15, 0.2) is 47.4 Å². The molecule has 0 spiro atoms. The van der Waals surface area contributed by atoms with Crippen LogP contribution in [0.2, 0.25) is 0 Å². The van der Waals surface area contributed by atoms with E-state index in [-0.39, 0.29) is 29.1 Å². The second kappa shape index (κ2) is 8.78. The maximum atomic E-state index is 13.9. The van der Waals surface area contributed by atoms with Crippen molar-refractivity contribution < 1.29 is 27.3 Å². The van der Waals surface area contributed by atoms with Crippen LogP contribution in [0.5, 0.6) is 0 Å². The highest BCUT2D eigenvalue weighted by Crippen LogP contribution is 2.22. The summed E-state index contributed by atoms with van der Waals surface area (Å²) in [5.74, 6) is -0.712. The molecule has 0 unspecified atom stereocenters. The number of halogens is 1. The number of hydrogen-bond donors (Lipinski definition) is 0. The molecule has 10 heteroatoms. The standard InChI is InChI=1S/C20H23FN2O6S/c1-14-5-10-17(13-18(14)21)30(27,28)22(19(24)29-20(2,3)4)12-11-15-6-8-16(9-7-15)23(25)26/h5-10,13H,11-12H2,1-4H3. The molecule has 0 saturated heterocycles. The highest BCUT2D eigenvalue weighted by atomic mass is 32.2. The fourth-order valence-electron chi connectivity index (χ4n) is 2.50. The van der Waals surface area contributed by atoms with Gasteiger partial charge >= 0.3 is 6.09 Å². The summed E-state index contributed by atoms with van der Waals surface area (Å²) in [6.07, 6.45) is -1.00. The molecule has 2 aromatic carbocycles. The number of benzene rings is 2. The van der Waals surface area contributed by atoms with Crippen LogP contribution < -0.4 is 0 Å². The van der Waals surface area contributed by atoms with Gasteiger partial charge in [-0.05, 0) is 57.4 Å². The van der Waals surface area contributed by atoms with E-state index in [9.17, 15) is 27.7 Å². The fraction of sp³-hybridized carbons (Fsp3) is 0.350. The molecule has 0 fully saturated rings. The van der Waals surface area contributed by atoms with Gasteiger partial charge in [-0.3, -0.25) is 10.1 Å². The van der Waals surface area contributed by atoms with E-state index in [4.69, 9.17) is 4.74 Å². The van der Waals surface area contributed by atoms with Crippen molar-refractivity contribution in [3.8, 4) is 0 Å². The summed E-state index contributed by atoms with van der Waals surface area (Å²) < 4.78 is 45.8. The Morgan fingerprint density at radius 3 is 2.27 bits per heavy atom. The molecular weight excluding hydrogens is 415 g/mol. The number of sulfonamides is 1. The number of nitrogens with zero attached hydrogens (tertiary/aromatic N) is 2. The quantitative estimate of drug-likeness (QED) is 0.494. The van der Waals surface area contributed by atoms with E-state index in [0.29, 0.717) is 9.87 Å². The van der Waals surface area contributed by atoms with E-state index < -0.39 is 32.5 Å². The predicted octanol–water partition coefficient (Wildman–Crippen LogP) is 4.21. The van der Waals surface area contributed by atoms with Gasteiger partial charge in [0, 0.05) is 18.7 Å². The maximum Gasteiger partial charge on any atom is 0.424 e. The number of non-ortho nitro benzene ring substituents is 1. The van der Waals surface area contributed by atoms with Crippen molar-refractivity contribution in [2.24, 2.45) is 0 Å². The lowest BCUT2D eigenvalue weighted by Gasteiger charge is -2.27. The van der Waals surface area contributed by atoms with Crippen LogP contribution >= 0.6 is 0 Å². The lowest BCUT2D eigenvalue weighted by Crippen LogP contribution is -2.42. The average Bonchev–Trinajstić information content (AvgIpc) is 2.62. The van der Waals surface area contributed by atoms with Crippen LogP contribution in [-0.4, -0.2) is 35.9 Å². The molecule has 2 rings (SSSR count). The maximum absolute atomic E-state index is 13.9. The van der Waals surface area contributed by atoms with Crippen LogP contribution in [0.1, 0.15) is 31.9 Å². The van der Waals surface area contributed by atoms with Crippen molar-refractivity contribution in [2.75, 3.05) is 6.54 Å². The number of ether oxygens (including phenoxy) is 1. The zero-order chi connectivity index (χ0) is 22.7. The van der Waals surface area contributed by atoms with Crippen LogP contribution in [0.4, 0.5) is 14.9 Å². The molecule has 30 heavy (non-hydrogen) atoms. The predicted molar refractivity (Wildman–Crippen MR) is 108 cm³/mol. The van der Waals surface area contributed by atoms with E-state index in [1.165, 1.54) is 43.3 Å². The average molecular weight is 438 g/mol. The molecule has 0 atom stereocenters. The van der Waals surface area contributed by atoms with E-state index in [1.807, 2.05) is 0 Å². The molecule has 0 bridgehead atoms. The van der Waals surface area contributed by atoms with E-state index in [0.717, 1.165) is 6.07 Å². The summed E-state index contributed by atoms with van der Waals surface area (Å²) in [5, 5.41) is 10.8. The first kappa shape index (κ1) is 23.3. The monoisotopic (exact) mass is 438 g/mol. The summed E-state index contributed by atoms with van der Waals surface area (Å²) in [6, 6.07) is 8.91. The van der Waals surface area contributed by atoms with E-state index in [2.05, 4.69) is 0 Å². The molecule has 0 radical (unpaired) electrons. The van der Waals surface area contributed by atoms with Crippen molar-refractivity contribution in [3.63, 3.8) is 0 Å². The third-order valence-electron chi connectivity index (χ3n) is 4.08. The Kier molecular flexibility index (Phi) is 6.81. The molecule has 0 saturated carbocycles. The Morgan fingerprint density at radius 1 is 1.17 bits per heavy atom. The summed E-state index contributed by atoms with van der Waals surface area (Å²) in [6.45, 7) is 5.99. The molecule has 0 aliphatic rings. The molecule has 1 amide bonds. The third-order valence-corrected chi connectivity index (χ3v) is 5.84. The van der Waals surface area contributed by atoms with Gasteiger partial charge in [-0.1, -0.05) is 18.2 Å². The summed E-state index contributed by atoms with van der Waals surface area (Å²) in [5.41, 5.74) is -0.204. The van der Waals surface area contributed by atoms with Crippen molar-refractivity contribution in [1.29, 1.82) is 0 Å². The SMILES string of the molecule is Cc1ccc(S(=O)(=O)N(CCc2ccc([N+](=O)[O-])cc2)C(=O)OC(C)(C)C)cc1F. The summed E-state index contributed by atoms with van der Waals surface area (Å²) in [4.78, 5) is 22.5. The highest BCUT2D eigenvalue weighted by Gasteiger charge is 2.33. The van der Waals surface area contributed by atoms with Crippen molar-refractivity contribution >= 4 is 21.8 Å². The molecule has 8 nitrogen and oxygen atoms in total. The normalized spacial score (nSPS) is 11.8. The van der Waals surface area contributed by atoms with Gasteiger partial charge in [0.25, 0.3) is 15.7 Å². The number of amides is 1. The van der Waals surface area contributed by atoms with Gasteiger partial charge in [0.2, 0.25) is 0 Å². The smallest absolute Gasteiger partial charge is 0.424 e. The third kappa shape index (κ3) is 5.76. The van der Waals surface area contributed by atoms with E-state index >= 15 is 0 Å². The Bertz CT molecular complexity index is 1050. The molecule has 0 N–H and O–H groups in total. The van der Waals surface area contributed by atoms with Crippen molar-refractivity contribution in [3.05, 3.63) is 69.5 Å². The van der Waals surface area contributed by atoms with Crippen LogP contribution in [-0.2, 0) is 21.2 Å². The van der Waals surface area contributed by atoms with Gasteiger partial charge in [-0.2, -0.15) is 0 Å². The second-order valence-electron chi connectivity index (χ2n) is 7.64. The Balaban J connectivity index is 2.35. The van der Waals surface area contributed by atoms with Gasteiger partial charge in [0.15, 0.2) is 0 Å². The number of carbonyl (C=O) groups excluding carboxylic acids is 1. The van der Waals surface area contributed by atoms with Crippen molar-refractivity contribution in [1.82, 2.24) is 4.31 Å². The summed E-state index contributed by atoms with van der Waals surface area (Å²) in [7, 11) is -4.39. The van der Waals surface area contributed by atoms with Crippen LogP contribution in [0, 0.1) is 22.9 Å². The Morgan fingerprint density at radius 2 is 1.77 bits per heavy atom. The number of hydrogen-bond acceptors (Lipinski definition) is 6. The lowest BCUT2D eigenvalue weighted by molar-refractivity contribution is -0.384. The molecular formula is C20H23FN2O6S. The minimum atomic E-state index is -4.39. The molecule has 0 heterocycles. The Labute approximate surface area is 174 Å². The van der Waals surface area contributed by atoms with Gasteiger partial charge in [0.1, 0.15) is 11.4 Å². The van der Waals surface area contributed by atoms with Gasteiger partial charge < -0.3 is 4.74 Å². The summed E-state index contributed by atoms with van der Waals surface area (Å²) >= 11 is 0. The minimum Gasteiger partial charge on any atom is -0.443 e. The van der Waals surface area contributed by atoms with E-state index in [1.54, 1.807) is 20.8 Å². The zero-order valence-corrected chi connectivity index (χ0v) is 17.9. The van der Waals surface area contributed by atoms with Crippen LogP contribution in [0.25, 0.3) is 0 Å². The first-order valence-electron chi connectivity index (χ1n) is 9.06.